The average Bonchev–Trinajstić information content (AvgIpc) is 2.50. The first-order valence-electron chi connectivity index (χ1n) is 8.02. The minimum absolute atomic E-state index is 0.0330. The van der Waals surface area contributed by atoms with Crippen molar-refractivity contribution in [2.75, 3.05) is 26.2 Å². The normalized spacial score (nSPS) is 25.8. The molecule has 1 aromatic carbocycles. The minimum Gasteiger partial charge on any atom is -0.486 e. The number of carbonyl (C=O) groups excluding carboxylic acids is 1. The van der Waals surface area contributed by atoms with Gasteiger partial charge in [0.25, 0.3) is 0 Å². The van der Waals surface area contributed by atoms with Gasteiger partial charge in [0.1, 0.15) is 6.61 Å². The van der Waals surface area contributed by atoms with Crippen molar-refractivity contribution >= 4 is 6.03 Å². The van der Waals surface area contributed by atoms with Crippen molar-refractivity contribution in [3.63, 3.8) is 0 Å². The van der Waals surface area contributed by atoms with Crippen molar-refractivity contribution in [2.45, 2.75) is 38.6 Å². The van der Waals surface area contributed by atoms with Gasteiger partial charge >= 0.3 is 6.03 Å². The van der Waals surface area contributed by atoms with Gasteiger partial charge in [-0.25, -0.2) is 4.79 Å². The molecule has 0 unspecified atom stereocenters. The summed E-state index contributed by atoms with van der Waals surface area (Å²) in [6.07, 6.45) is -0.147. The number of benzene rings is 1. The standard InChI is InChI=1S/C17H24N2O4/c1-12-9-19(11-17(2,3)23-12)16(20)18-8-13-10-21-14-6-4-5-7-15(14)22-13/h4-7,12-13H,8-11H2,1-3H3,(H,18,20)/t12-,13-/m0/s1. The van der Waals surface area contributed by atoms with Crippen LogP contribution >= 0.6 is 0 Å². The Morgan fingerprint density at radius 3 is 2.83 bits per heavy atom. The van der Waals surface area contributed by atoms with Gasteiger partial charge in [0, 0.05) is 6.54 Å². The van der Waals surface area contributed by atoms with E-state index in [1.54, 1.807) is 4.90 Å². The van der Waals surface area contributed by atoms with Gasteiger partial charge in [-0.1, -0.05) is 12.1 Å². The third-order valence-corrected chi connectivity index (χ3v) is 3.91. The van der Waals surface area contributed by atoms with Crippen LogP contribution in [0.5, 0.6) is 11.5 Å². The number of ether oxygens (including phenoxy) is 3. The summed E-state index contributed by atoms with van der Waals surface area (Å²) >= 11 is 0. The van der Waals surface area contributed by atoms with Crippen LogP contribution in [-0.4, -0.2) is 55.0 Å². The van der Waals surface area contributed by atoms with E-state index in [1.165, 1.54) is 0 Å². The van der Waals surface area contributed by atoms with Gasteiger partial charge < -0.3 is 24.4 Å². The van der Waals surface area contributed by atoms with E-state index in [4.69, 9.17) is 14.2 Å². The van der Waals surface area contributed by atoms with Crippen molar-refractivity contribution in [1.82, 2.24) is 10.2 Å². The van der Waals surface area contributed by atoms with E-state index in [1.807, 2.05) is 45.0 Å². The van der Waals surface area contributed by atoms with Crippen molar-refractivity contribution in [2.24, 2.45) is 0 Å². The van der Waals surface area contributed by atoms with Gasteiger partial charge in [0.05, 0.1) is 24.8 Å². The van der Waals surface area contributed by atoms with E-state index in [-0.39, 0.29) is 23.8 Å². The molecule has 126 valence electrons. The topological polar surface area (TPSA) is 60.0 Å². The lowest BCUT2D eigenvalue weighted by molar-refractivity contribution is -0.117. The fourth-order valence-electron chi connectivity index (χ4n) is 3.09. The lowest BCUT2D eigenvalue weighted by atomic mass is 10.1. The largest absolute Gasteiger partial charge is 0.486 e. The van der Waals surface area contributed by atoms with Crippen molar-refractivity contribution in [3.8, 4) is 11.5 Å². The molecule has 1 fully saturated rings. The number of nitrogens with zero attached hydrogens (tertiary/aromatic N) is 1. The maximum atomic E-state index is 12.4. The van der Waals surface area contributed by atoms with Gasteiger partial charge in [-0.05, 0) is 32.9 Å². The van der Waals surface area contributed by atoms with Crippen LogP contribution < -0.4 is 14.8 Å². The predicted octanol–water partition coefficient (Wildman–Crippen LogP) is 2.04. The van der Waals surface area contributed by atoms with E-state index >= 15 is 0 Å². The molecular formula is C17H24N2O4. The van der Waals surface area contributed by atoms with Crippen LogP contribution in [0.4, 0.5) is 4.79 Å². The first kappa shape index (κ1) is 15.9. The monoisotopic (exact) mass is 320 g/mol. The number of hydrogen-bond donors (Lipinski definition) is 1. The zero-order chi connectivity index (χ0) is 16.4. The SMILES string of the molecule is C[C@H]1CN(C(=O)NC[C@H]2COc3ccccc3O2)CC(C)(C)O1. The van der Waals surface area contributed by atoms with Crippen LogP contribution in [0.25, 0.3) is 0 Å². The molecule has 1 N–H and O–H groups in total. The molecule has 0 radical (unpaired) electrons. The molecule has 6 nitrogen and oxygen atoms in total. The number of morpholine rings is 1. The minimum atomic E-state index is -0.321. The number of amides is 2. The molecule has 1 aromatic rings. The van der Waals surface area contributed by atoms with Gasteiger partial charge in [-0.2, -0.15) is 0 Å². The summed E-state index contributed by atoms with van der Waals surface area (Å²) in [6, 6.07) is 7.47. The second-order valence-corrected chi connectivity index (χ2v) is 6.75. The first-order chi connectivity index (χ1) is 10.9. The van der Waals surface area contributed by atoms with E-state index in [9.17, 15) is 4.79 Å². The van der Waals surface area contributed by atoms with Crippen LogP contribution in [0, 0.1) is 0 Å². The van der Waals surface area contributed by atoms with E-state index in [2.05, 4.69) is 5.32 Å². The highest BCUT2D eigenvalue weighted by atomic mass is 16.6. The summed E-state index contributed by atoms with van der Waals surface area (Å²) in [4.78, 5) is 14.2. The Morgan fingerprint density at radius 1 is 1.35 bits per heavy atom. The highest BCUT2D eigenvalue weighted by Crippen LogP contribution is 2.30. The number of carbonyl (C=O) groups is 1. The van der Waals surface area contributed by atoms with Crippen molar-refractivity contribution in [1.29, 1.82) is 0 Å². The molecule has 6 heteroatoms. The fourth-order valence-corrected chi connectivity index (χ4v) is 3.09. The molecule has 0 bridgehead atoms. The first-order valence-corrected chi connectivity index (χ1v) is 8.02. The highest BCUT2D eigenvalue weighted by Gasteiger charge is 2.34. The van der Waals surface area contributed by atoms with E-state index in [0.29, 0.717) is 26.2 Å². The molecule has 0 spiro atoms. The number of rotatable bonds is 2. The average molecular weight is 320 g/mol. The smallest absolute Gasteiger partial charge is 0.317 e. The predicted molar refractivity (Wildman–Crippen MR) is 86.0 cm³/mol. The van der Waals surface area contributed by atoms with Crippen LogP contribution in [-0.2, 0) is 4.74 Å². The van der Waals surface area contributed by atoms with Crippen LogP contribution in [0.3, 0.4) is 0 Å². The lowest BCUT2D eigenvalue weighted by Gasteiger charge is -2.41. The Labute approximate surface area is 136 Å². The Hall–Kier alpha value is -1.95. The molecule has 2 aliphatic rings. The zero-order valence-electron chi connectivity index (χ0n) is 13.9. The third-order valence-electron chi connectivity index (χ3n) is 3.91. The van der Waals surface area contributed by atoms with Gasteiger partial charge in [-0.15, -0.1) is 0 Å². The summed E-state index contributed by atoms with van der Waals surface area (Å²) < 4.78 is 17.3. The second kappa shape index (κ2) is 6.28. The lowest BCUT2D eigenvalue weighted by Crippen LogP contribution is -2.57. The Bertz CT molecular complexity index is 575. The Kier molecular flexibility index (Phi) is 4.35. The summed E-state index contributed by atoms with van der Waals surface area (Å²) in [5, 5.41) is 2.94. The number of nitrogens with one attached hydrogen (secondary N) is 1. The molecule has 23 heavy (non-hydrogen) atoms. The van der Waals surface area contributed by atoms with E-state index in [0.717, 1.165) is 11.5 Å². The summed E-state index contributed by atoms with van der Waals surface area (Å²) in [6.45, 7) is 8.00. The molecule has 0 aliphatic carbocycles. The highest BCUT2D eigenvalue weighted by molar-refractivity contribution is 5.74. The Balaban J connectivity index is 1.52. The second-order valence-electron chi connectivity index (χ2n) is 6.75. The van der Waals surface area contributed by atoms with Gasteiger partial charge in [0.2, 0.25) is 0 Å². The molecular weight excluding hydrogens is 296 g/mol. The fraction of sp³-hybridized carbons (Fsp3) is 0.588. The summed E-state index contributed by atoms with van der Waals surface area (Å²) in [5.74, 6) is 1.47. The van der Waals surface area contributed by atoms with E-state index < -0.39 is 0 Å². The maximum absolute atomic E-state index is 12.4. The molecule has 2 amide bonds. The molecule has 2 heterocycles. The summed E-state index contributed by atoms with van der Waals surface area (Å²) in [5.41, 5.74) is -0.321. The third kappa shape index (κ3) is 3.88. The van der Waals surface area contributed by atoms with Crippen LogP contribution in [0.1, 0.15) is 20.8 Å². The van der Waals surface area contributed by atoms with Gasteiger partial charge in [0.15, 0.2) is 17.6 Å². The van der Waals surface area contributed by atoms with Crippen molar-refractivity contribution < 1.29 is 19.0 Å². The molecule has 3 rings (SSSR count). The maximum Gasteiger partial charge on any atom is 0.317 e. The summed E-state index contributed by atoms with van der Waals surface area (Å²) in [7, 11) is 0. The molecule has 0 aromatic heterocycles. The number of urea groups is 1. The van der Waals surface area contributed by atoms with Crippen LogP contribution in [0.15, 0.2) is 24.3 Å². The van der Waals surface area contributed by atoms with Gasteiger partial charge in [-0.3, -0.25) is 0 Å². The Morgan fingerprint density at radius 2 is 2.09 bits per heavy atom. The quantitative estimate of drug-likeness (QED) is 0.906. The van der Waals surface area contributed by atoms with Crippen molar-refractivity contribution in [3.05, 3.63) is 24.3 Å². The van der Waals surface area contributed by atoms with Crippen LogP contribution in [0.2, 0.25) is 0 Å². The molecule has 0 saturated carbocycles. The number of para-hydroxylation sites is 2. The molecule has 2 aliphatic heterocycles. The zero-order valence-corrected chi connectivity index (χ0v) is 13.9. The molecule has 1 saturated heterocycles. The number of fused-ring (bicyclic) bond motifs is 1. The number of hydrogen-bond acceptors (Lipinski definition) is 4. The molecule has 2 atom stereocenters.